The summed E-state index contributed by atoms with van der Waals surface area (Å²) in [6, 6.07) is 18.0. The molecule has 4 rings (SSSR count). The molecule has 0 spiro atoms. The highest BCUT2D eigenvalue weighted by Crippen LogP contribution is 2.27. The molecule has 0 aliphatic rings. The van der Waals surface area contributed by atoms with Gasteiger partial charge in [-0.2, -0.15) is 0 Å². The Labute approximate surface area is 130 Å². The predicted octanol–water partition coefficient (Wildman–Crippen LogP) is 5.05. The molecule has 0 fully saturated rings. The second-order valence-electron chi connectivity index (χ2n) is 4.77. The highest BCUT2D eigenvalue weighted by atomic mass is 79.9. The largest absolute Gasteiger partial charge is 0.436 e. The van der Waals surface area contributed by atoms with Crippen LogP contribution >= 0.6 is 15.9 Å². The molecule has 4 aromatic rings. The molecule has 0 saturated carbocycles. The molecule has 0 saturated heterocycles. The SMILES string of the molecule is Brc1cccc(-c2nc3ccc(-n4cccc4)cc3o2)c1. The Kier molecular flexibility index (Phi) is 2.89. The lowest BCUT2D eigenvalue weighted by atomic mass is 10.2. The van der Waals surface area contributed by atoms with Gasteiger partial charge in [0.15, 0.2) is 5.58 Å². The Morgan fingerprint density at radius 3 is 2.62 bits per heavy atom. The van der Waals surface area contributed by atoms with Gasteiger partial charge < -0.3 is 8.98 Å². The van der Waals surface area contributed by atoms with Gasteiger partial charge in [0.1, 0.15) is 5.52 Å². The summed E-state index contributed by atoms with van der Waals surface area (Å²) in [4.78, 5) is 4.55. The quantitative estimate of drug-likeness (QED) is 0.512. The van der Waals surface area contributed by atoms with E-state index in [4.69, 9.17) is 4.42 Å². The summed E-state index contributed by atoms with van der Waals surface area (Å²) in [7, 11) is 0. The van der Waals surface area contributed by atoms with E-state index in [9.17, 15) is 0 Å². The van der Waals surface area contributed by atoms with Crippen LogP contribution < -0.4 is 0 Å². The van der Waals surface area contributed by atoms with Crippen molar-refractivity contribution in [1.82, 2.24) is 9.55 Å². The fourth-order valence-electron chi connectivity index (χ4n) is 2.33. The molecule has 0 amide bonds. The number of oxazole rings is 1. The fourth-order valence-corrected chi connectivity index (χ4v) is 2.72. The van der Waals surface area contributed by atoms with Gasteiger partial charge in [-0.1, -0.05) is 22.0 Å². The van der Waals surface area contributed by atoms with Crippen molar-refractivity contribution in [2.24, 2.45) is 0 Å². The summed E-state index contributed by atoms with van der Waals surface area (Å²) in [5, 5.41) is 0. The van der Waals surface area contributed by atoms with Crippen LogP contribution in [0.1, 0.15) is 0 Å². The van der Waals surface area contributed by atoms with Crippen LogP contribution in [0.2, 0.25) is 0 Å². The molecule has 0 atom stereocenters. The number of fused-ring (bicyclic) bond motifs is 1. The molecule has 21 heavy (non-hydrogen) atoms. The zero-order chi connectivity index (χ0) is 14.2. The smallest absolute Gasteiger partial charge is 0.227 e. The summed E-state index contributed by atoms with van der Waals surface area (Å²) >= 11 is 3.47. The Balaban J connectivity index is 1.83. The molecule has 2 aromatic heterocycles. The third-order valence-electron chi connectivity index (χ3n) is 3.35. The monoisotopic (exact) mass is 338 g/mol. The van der Waals surface area contributed by atoms with Crippen molar-refractivity contribution >= 4 is 27.0 Å². The van der Waals surface area contributed by atoms with E-state index in [0.717, 1.165) is 26.8 Å². The minimum Gasteiger partial charge on any atom is -0.436 e. The van der Waals surface area contributed by atoms with Crippen molar-refractivity contribution in [3.05, 3.63) is 71.5 Å². The van der Waals surface area contributed by atoms with Crippen molar-refractivity contribution in [2.75, 3.05) is 0 Å². The molecule has 0 radical (unpaired) electrons. The fraction of sp³-hybridized carbons (Fsp3) is 0. The highest BCUT2D eigenvalue weighted by molar-refractivity contribution is 9.10. The van der Waals surface area contributed by atoms with E-state index in [2.05, 4.69) is 20.9 Å². The average Bonchev–Trinajstić information content (AvgIpc) is 3.16. The summed E-state index contributed by atoms with van der Waals surface area (Å²) in [6.45, 7) is 0. The van der Waals surface area contributed by atoms with Gasteiger partial charge in [-0.15, -0.1) is 0 Å². The second-order valence-corrected chi connectivity index (χ2v) is 5.69. The van der Waals surface area contributed by atoms with Crippen LogP contribution in [0.3, 0.4) is 0 Å². The van der Waals surface area contributed by atoms with Crippen molar-refractivity contribution in [3.8, 4) is 17.1 Å². The summed E-state index contributed by atoms with van der Waals surface area (Å²) in [5.41, 5.74) is 3.67. The van der Waals surface area contributed by atoms with E-state index < -0.39 is 0 Å². The maximum absolute atomic E-state index is 5.90. The standard InChI is InChI=1S/C17H11BrN2O/c18-13-5-3-4-12(10-13)17-19-15-7-6-14(11-16(15)21-17)20-8-1-2-9-20/h1-11H. The Morgan fingerprint density at radius 1 is 0.952 bits per heavy atom. The van der Waals surface area contributed by atoms with Gasteiger partial charge in [-0.3, -0.25) is 0 Å². The number of nitrogens with zero attached hydrogens (tertiary/aromatic N) is 2. The molecule has 0 aliphatic carbocycles. The third-order valence-corrected chi connectivity index (χ3v) is 3.84. The maximum Gasteiger partial charge on any atom is 0.227 e. The van der Waals surface area contributed by atoms with Gasteiger partial charge in [0, 0.05) is 34.2 Å². The Bertz CT molecular complexity index is 910. The van der Waals surface area contributed by atoms with Crippen molar-refractivity contribution in [3.63, 3.8) is 0 Å². The lowest BCUT2D eigenvalue weighted by molar-refractivity contribution is 0.619. The topological polar surface area (TPSA) is 31.0 Å². The molecule has 0 unspecified atom stereocenters. The van der Waals surface area contributed by atoms with Gasteiger partial charge in [-0.25, -0.2) is 4.98 Å². The van der Waals surface area contributed by atoms with Gasteiger partial charge in [-0.05, 0) is 42.5 Å². The van der Waals surface area contributed by atoms with Gasteiger partial charge in [0.25, 0.3) is 0 Å². The zero-order valence-corrected chi connectivity index (χ0v) is 12.6. The molecular weight excluding hydrogens is 328 g/mol. The average molecular weight is 339 g/mol. The third kappa shape index (κ3) is 2.28. The summed E-state index contributed by atoms with van der Waals surface area (Å²) in [5.74, 6) is 0.635. The summed E-state index contributed by atoms with van der Waals surface area (Å²) < 4.78 is 8.95. The van der Waals surface area contributed by atoms with Crippen molar-refractivity contribution < 1.29 is 4.42 Å². The number of halogens is 1. The van der Waals surface area contributed by atoms with Crippen LogP contribution in [0.25, 0.3) is 28.2 Å². The lowest BCUT2D eigenvalue weighted by Crippen LogP contribution is -1.87. The zero-order valence-electron chi connectivity index (χ0n) is 11.0. The first-order valence-electron chi connectivity index (χ1n) is 6.59. The second kappa shape index (κ2) is 4.90. The van der Waals surface area contributed by atoms with Crippen LogP contribution in [0.4, 0.5) is 0 Å². The minimum absolute atomic E-state index is 0.635. The first-order valence-corrected chi connectivity index (χ1v) is 7.39. The Hall–Kier alpha value is -2.33. The number of aromatic nitrogens is 2. The molecule has 4 heteroatoms. The normalized spacial score (nSPS) is 11.1. The Morgan fingerprint density at radius 2 is 1.81 bits per heavy atom. The van der Waals surface area contributed by atoms with Crippen LogP contribution in [-0.4, -0.2) is 9.55 Å². The number of benzene rings is 2. The molecule has 2 heterocycles. The van der Waals surface area contributed by atoms with E-state index in [0.29, 0.717) is 5.89 Å². The highest BCUT2D eigenvalue weighted by Gasteiger charge is 2.09. The first kappa shape index (κ1) is 12.4. The minimum atomic E-state index is 0.635. The van der Waals surface area contributed by atoms with E-state index >= 15 is 0 Å². The summed E-state index contributed by atoms with van der Waals surface area (Å²) in [6.07, 6.45) is 4.01. The lowest BCUT2D eigenvalue weighted by Gasteiger charge is -2.00. The van der Waals surface area contributed by atoms with Gasteiger partial charge >= 0.3 is 0 Å². The van der Waals surface area contributed by atoms with Crippen molar-refractivity contribution in [2.45, 2.75) is 0 Å². The number of rotatable bonds is 2. The van der Waals surface area contributed by atoms with E-state index in [1.165, 1.54) is 0 Å². The number of hydrogen-bond donors (Lipinski definition) is 0. The van der Waals surface area contributed by atoms with E-state index in [1.807, 2.05) is 71.6 Å². The van der Waals surface area contributed by atoms with Gasteiger partial charge in [0.05, 0.1) is 0 Å². The molecule has 102 valence electrons. The van der Waals surface area contributed by atoms with E-state index in [1.54, 1.807) is 0 Å². The van der Waals surface area contributed by atoms with Crippen LogP contribution in [0.5, 0.6) is 0 Å². The molecule has 3 nitrogen and oxygen atoms in total. The van der Waals surface area contributed by atoms with E-state index in [-0.39, 0.29) is 0 Å². The molecule has 2 aromatic carbocycles. The van der Waals surface area contributed by atoms with Crippen molar-refractivity contribution in [1.29, 1.82) is 0 Å². The number of hydrogen-bond acceptors (Lipinski definition) is 2. The van der Waals surface area contributed by atoms with Crippen LogP contribution in [0.15, 0.2) is 75.9 Å². The molecule has 0 aliphatic heterocycles. The van der Waals surface area contributed by atoms with Crippen LogP contribution in [0, 0.1) is 0 Å². The van der Waals surface area contributed by atoms with Crippen LogP contribution in [-0.2, 0) is 0 Å². The predicted molar refractivity (Wildman–Crippen MR) is 86.5 cm³/mol. The first-order chi connectivity index (χ1) is 10.3. The molecular formula is C17H11BrN2O. The molecule has 0 N–H and O–H groups in total. The van der Waals surface area contributed by atoms with Gasteiger partial charge in [0.2, 0.25) is 5.89 Å². The molecule has 0 bridgehead atoms. The maximum atomic E-state index is 5.90.